The Balaban J connectivity index is 0.00000298. The van der Waals surface area contributed by atoms with Gasteiger partial charge in [-0.05, 0) is 50.8 Å². The molecule has 0 fully saturated rings. The molecular formula is C22H29F7N4O2. The average molecular weight is 514 g/mol. The summed E-state index contributed by atoms with van der Waals surface area (Å²) in [6.45, 7) is 8.30. The highest BCUT2D eigenvalue weighted by atomic mass is 19.4. The summed E-state index contributed by atoms with van der Waals surface area (Å²) in [5.74, 6) is -0.837. The molecule has 0 aliphatic rings. The lowest BCUT2D eigenvalue weighted by Crippen LogP contribution is -2.44. The molecule has 0 saturated carbocycles. The van der Waals surface area contributed by atoms with Crippen molar-refractivity contribution in [1.29, 1.82) is 0 Å². The molecule has 2 rings (SSSR count). The molecule has 2 aromatic rings. The number of ether oxygens (including phenoxy) is 1. The fourth-order valence-corrected chi connectivity index (χ4v) is 3.39. The second-order valence-corrected chi connectivity index (χ2v) is 7.48. The van der Waals surface area contributed by atoms with Crippen LogP contribution in [0.5, 0.6) is 0 Å². The van der Waals surface area contributed by atoms with Crippen LogP contribution in [0.2, 0.25) is 0 Å². The summed E-state index contributed by atoms with van der Waals surface area (Å²) in [4.78, 5) is 14.6. The number of pyridine rings is 1. The fraction of sp³-hybridized carbons (Fsp3) is 0.591. The summed E-state index contributed by atoms with van der Waals surface area (Å²) < 4.78 is 95.5. The van der Waals surface area contributed by atoms with Crippen LogP contribution in [0.3, 0.4) is 0 Å². The predicted molar refractivity (Wildman–Crippen MR) is 115 cm³/mol. The van der Waals surface area contributed by atoms with Crippen molar-refractivity contribution < 1.29 is 40.3 Å². The maximum Gasteiger partial charge on any atom is 0.423 e. The van der Waals surface area contributed by atoms with Crippen molar-refractivity contribution >= 4 is 6.41 Å². The van der Waals surface area contributed by atoms with Crippen molar-refractivity contribution in [1.82, 2.24) is 20.1 Å². The SMILES string of the molecule is CC.Cc1cc(F)cnc1-n1nc(C(CCNC=O)CCOC(C(F)(F)F)C(F)(F)F)c(C)c1C. The first-order valence-corrected chi connectivity index (χ1v) is 10.9. The Morgan fingerprint density at radius 1 is 1.09 bits per heavy atom. The topological polar surface area (TPSA) is 69.0 Å². The molecule has 1 atom stereocenters. The van der Waals surface area contributed by atoms with Gasteiger partial charge < -0.3 is 10.1 Å². The van der Waals surface area contributed by atoms with Crippen molar-refractivity contribution in [3.63, 3.8) is 0 Å². The molecule has 0 bridgehead atoms. The lowest BCUT2D eigenvalue weighted by atomic mass is 9.94. The number of nitrogens with one attached hydrogen (secondary N) is 1. The van der Waals surface area contributed by atoms with Gasteiger partial charge in [-0.3, -0.25) is 4.79 Å². The standard InChI is InChI=1S/C20H23F7N4O2.C2H6/c1-11-8-15(21)9-29-17(11)31-13(3)12(2)16(30-31)14(4-6-28-10-32)5-7-33-18(19(22,23)24)20(25,26)27;1-2/h8-10,14,18H,4-7H2,1-3H3,(H,28,32);1-2H3. The van der Waals surface area contributed by atoms with Crippen LogP contribution in [0.25, 0.3) is 5.82 Å². The summed E-state index contributed by atoms with van der Waals surface area (Å²) in [6.07, 6.45) is -13.7. The normalized spacial score (nSPS) is 12.8. The molecule has 0 aromatic carbocycles. The number of hydrogen-bond donors (Lipinski definition) is 1. The largest absolute Gasteiger partial charge is 0.423 e. The van der Waals surface area contributed by atoms with E-state index in [9.17, 15) is 35.5 Å². The Morgan fingerprint density at radius 2 is 1.69 bits per heavy atom. The summed E-state index contributed by atoms with van der Waals surface area (Å²) >= 11 is 0. The van der Waals surface area contributed by atoms with Crippen molar-refractivity contribution in [2.45, 2.75) is 71.8 Å². The molecule has 0 aliphatic carbocycles. The zero-order chi connectivity index (χ0) is 27.0. The van der Waals surface area contributed by atoms with Crippen LogP contribution >= 0.6 is 0 Å². The van der Waals surface area contributed by atoms with Crippen LogP contribution in [0.15, 0.2) is 12.3 Å². The Morgan fingerprint density at radius 3 is 2.20 bits per heavy atom. The highest BCUT2D eigenvalue weighted by Crippen LogP contribution is 2.36. The van der Waals surface area contributed by atoms with Crippen LogP contribution in [0.1, 0.15) is 55.1 Å². The van der Waals surface area contributed by atoms with Gasteiger partial charge in [0.25, 0.3) is 0 Å². The molecule has 1 amide bonds. The van der Waals surface area contributed by atoms with Crippen LogP contribution in [0.4, 0.5) is 30.7 Å². The Bertz CT molecular complexity index is 945. The molecule has 13 heteroatoms. The number of alkyl halides is 6. The molecule has 0 aliphatic heterocycles. The van der Waals surface area contributed by atoms with Crippen LogP contribution in [0, 0.1) is 26.6 Å². The number of nitrogens with zero attached hydrogens (tertiary/aromatic N) is 3. The first kappa shape index (κ1) is 30.3. The molecule has 1 unspecified atom stereocenters. The quantitative estimate of drug-likeness (QED) is 0.259. The zero-order valence-corrected chi connectivity index (χ0v) is 20.0. The number of aryl methyl sites for hydroxylation is 1. The smallest absolute Gasteiger partial charge is 0.361 e. The van der Waals surface area contributed by atoms with E-state index in [-0.39, 0.29) is 19.4 Å². The summed E-state index contributed by atoms with van der Waals surface area (Å²) in [5.41, 5.74) is 2.14. The van der Waals surface area contributed by atoms with Crippen LogP contribution in [-0.2, 0) is 9.53 Å². The minimum Gasteiger partial charge on any atom is -0.361 e. The number of carbonyl (C=O) groups excluding carboxylic acids is 1. The van der Waals surface area contributed by atoms with E-state index in [4.69, 9.17) is 0 Å². The molecule has 0 spiro atoms. The average Bonchev–Trinajstić information content (AvgIpc) is 3.04. The molecule has 0 radical (unpaired) electrons. The number of halogens is 7. The molecule has 0 saturated heterocycles. The molecule has 1 N–H and O–H groups in total. The van der Waals surface area contributed by atoms with Gasteiger partial charge in [-0.15, -0.1) is 0 Å². The van der Waals surface area contributed by atoms with E-state index in [0.717, 1.165) is 6.20 Å². The third-order valence-corrected chi connectivity index (χ3v) is 5.12. The summed E-state index contributed by atoms with van der Waals surface area (Å²) in [7, 11) is 0. The Labute approximate surface area is 198 Å². The van der Waals surface area contributed by atoms with E-state index in [1.807, 2.05) is 13.8 Å². The van der Waals surface area contributed by atoms with Crippen LogP contribution < -0.4 is 5.32 Å². The second-order valence-electron chi connectivity index (χ2n) is 7.48. The minimum absolute atomic E-state index is 0.120. The second kappa shape index (κ2) is 12.8. The first-order chi connectivity index (χ1) is 16.3. The van der Waals surface area contributed by atoms with Gasteiger partial charge in [-0.1, -0.05) is 13.8 Å². The van der Waals surface area contributed by atoms with E-state index < -0.39 is 36.8 Å². The van der Waals surface area contributed by atoms with Crippen LogP contribution in [-0.4, -0.2) is 52.8 Å². The zero-order valence-electron chi connectivity index (χ0n) is 20.0. The van der Waals surface area contributed by atoms with Gasteiger partial charge in [0.1, 0.15) is 5.82 Å². The molecule has 6 nitrogen and oxygen atoms in total. The summed E-state index contributed by atoms with van der Waals surface area (Å²) in [6, 6.07) is 1.26. The van der Waals surface area contributed by atoms with Gasteiger partial charge in [0.2, 0.25) is 12.5 Å². The number of amides is 1. The van der Waals surface area contributed by atoms with Gasteiger partial charge >= 0.3 is 12.4 Å². The van der Waals surface area contributed by atoms with Gasteiger partial charge in [0.05, 0.1) is 11.9 Å². The van der Waals surface area contributed by atoms with Gasteiger partial charge in [0, 0.05) is 24.8 Å². The molecular weight excluding hydrogens is 485 g/mol. The van der Waals surface area contributed by atoms with E-state index in [1.165, 1.54) is 10.7 Å². The fourth-order valence-electron chi connectivity index (χ4n) is 3.39. The maximum atomic E-state index is 13.4. The summed E-state index contributed by atoms with van der Waals surface area (Å²) in [5, 5.41) is 6.87. The minimum atomic E-state index is -5.60. The third kappa shape index (κ3) is 8.18. The number of rotatable bonds is 10. The molecule has 35 heavy (non-hydrogen) atoms. The van der Waals surface area contributed by atoms with Crippen molar-refractivity contribution in [2.24, 2.45) is 0 Å². The lowest BCUT2D eigenvalue weighted by molar-refractivity contribution is -0.322. The van der Waals surface area contributed by atoms with Gasteiger partial charge in [0.15, 0.2) is 5.82 Å². The van der Waals surface area contributed by atoms with E-state index in [1.54, 1.807) is 20.8 Å². The van der Waals surface area contributed by atoms with E-state index >= 15 is 0 Å². The molecule has 198 valence electrons. The number of carbonyl (C=O) groups is 1. The molecule has 2 aromatic heterocycles. The number of aromatic nitrogens is 3. The third-order valence-electron chi connectivity index (χ3n) is 5.12. The monoisotopic (exact) mass is 514 g/mol. The Kier molecular flexibility index (Phi) is 11.1. The lowest BCUT2D eigenvalue weighted by Gasteiger charge is -2.24. The van der Waals surface area contributed by atoms with Gasteiger partial charge in [-0.25, -0.2) is 14.1 Å². The van der Waals surface area contributed by atoms with E-state index in [0.29, 0.717) is 34.7 Å². The number of hydrogen-bond acceptors (Lipinski definition) is 4. The Hall–Kier alpha value is -2.70. The highest BCUT2D eigenvalue weighted by Gasteiger charge is 2.57. The van der Waals surface area contributed by atoms with Crippen molar-refractivity contribution in [2.75, 3.05) is 13.2 Å². The van der Waals surface area contributed by atoms with E-state index in [2.05, 4.69) is 20.1 Å². The van der Waals surface area contributed by atoms with Gasteiger partial charge in [-0.2, -0.15) is 31.4 Å². The maximum absolute atomic E-state index is 13.4. The highest BCUT2D eigenvalue weighted by molar-refractivity contribution is 5.45. The van der Waals surface area contributed by atoms with Crippen molar-refractivity contribution in [3.05, 3.63) is 40.6 Å². The first-order valence-electron chi connectivity index (χ1n) is 10.9. The van der Waals surface area contributed by atoms with Crippen molar-refractivity contribution in [3.8, 4) is 5.82 Å². The molecule has 2 heterocycles. The predicted octanol–water partition coefficient (Wildman–Crippen LogP) is 5.48.